The summed E-state index contributed by atoms with van der Waals surface area (Å²) in [5.41, 5.74) is 0.625. The zero-order chi connectivity index (χ0) is 10.1. The van der Waals surface area contributed by atoms with Crippen molar-refractivity contribution in [1.29, 1.82) is 0 Å². The van der Waals surface area contributed by atoms with Gasteiger partial charge in [-0.25, -0.2) is 4.79 Å². The van der Waals surface area contributed by atoms with E-state index in [0.29, 0.717) is 9.90 Å². The second kappa shape index (κ2) is 3.39. The molecular formula is C7H3ClN2O3S. The highest BCUT2D eigenvalue weighted by atomic mass is 35.5. The van der Waals surface area contributed by atoms with Gasteiger partial charge in [-0.15, -0.1) is 11.3 Å². The Balaban J connectivity index is 2.38. The Morgan fingerprint density at radius 3 is 2.93 bits per heavy atom. The van der Waals surface area contributed by atoms with Crippen LogP contribution >= 0.6 is 22.9 Å². The van der Waals surface area contributed by atoms with Crippen LogP contribution in [-0.2, 0) is 0 Å². The number of carboxylic acids is 1. The molecule has 0 aliphatic heterocycles. The van der Waals surface area contributed by atoms with Gasteiger partial charge in [0.15, 0.2) is 0 Å². The van der Waals surface area contributed by atoms with Crippen LogP contribution in [0.25, 0.3) is 11.5 Å². The van der Waals surface area contributed by atoms with Crippen molar-refractivity contribution in [1.82, 2.24) is 10.1 Å². The van der Waals surface area contributed by atoms with E-state index in [0.717, 1.165) is 0 Å². The van der Waals surface area contributed by atoms with E-state index in [4.69, 9.17) is 21.2 Å². The average molecular weight is 231 g/mol. The van der Waals surface area contributed by atoms with Gasteiger partial charge < -0.3 is 9.63 Å². The van der Waals surface area contributed by atoms with Gasteiger partial charge in [-0.3, -0.25) is 0 Å². The molecule has 0 spiro atoms. The van der Waals surface area contributed by atoms with Crippen LogP contribution in [0.2, 0.25) is 4.34 Å². The summed E-state index contributed by atoms with van der Waals surface area (Å²) < 4.78 is 5.31. The number of aromatic nitrogens is 2. The molecule has 0 saturated carbocycles. The number of halogens is 1. The lowest BCUT2D eigenvalue weighted by molar-refractivity contribution is 0.0680. The summed E-state index contributed by atoms with van der Waals surface area (Å²) in [4.78, 5) is 14.1. The van der Waals surface area contributed by atoms with Gasteiger partial charge in [0.2, 0.25) is 0 Å². The summed E-state index contributed by atoms with van der Waals surface area (Å²) >= 11 is 7.00. The number of hydrogen-bond donors (Lipinski definition) is 1. The number of carboxylic acid groups (broad SMARTS) is 1. The van der Waals surface area contributed by atoms with E-state index in [-0.39, 0.29) is 11.7 Å². The summed E-state index contributed by atoms with van der Waals surface area (Å²) in [5, 5.41) is 13.5. The van der Waals surface area contributed by atoms with Crippen molar-refractivity contribution in [3.05, 3.63) is 21.6 Å². The zero-order valence-electron chi connectivity index (χ0n) is 6.60. The third-order valence-corrected chi connectivity index (χ3v) is 2.52. The van der Waals surface area contributed by atoms with E-state index >= 15 is 0 Å². The molecule has 14 heavy (non-hydrogen) atoms. The molecular weight excluding hydrogens is 228 g/mol. The number of nitrogens with zero attached hydrogens (tertiary/aromatic N) is 2. The van der Waals surface area contributed by atoms with Crippen molar-refractivity contribution in [2.75, 3.05) is 0 Å². The van der Waals surface area contributed by atoms with Crippen LogP contribution in [0.1, 0.15) is 10.6 Å². The van der Waals surface area contributed by atoms with Gasteiger partial charge >= 0.3 is 5.97 Å². The minimum atomic E-state index is -1.22. The highest BCUT2D eigenvalue weighted by Gasteiger charge is 2.14. The summed E-state index contributed by atoms with van der Waals surface area (Å²) in [7, 11) is 0. The molecule has 0 radical (unpaired) electrons. The Kier molecular flexibility index (Phi) is 2.22. The van der Waals surface area contributed by atoms with E-state index in [1.54, 1.807) is 11.4 Å². The molecule has 0 unspecified atom stereocenters. The second-order valence-corrected chi connectivity index (χ2v) is 3.91. The fourth-order valence-electron chi connectivity index (χ4n) is 0.850. The topological polar surface area (TPSA) is 76.2 Å². The molecule has 0 aliphatic carbocycles. The van der Waals surface area contributed by atoms with Crippen molar-refractivity contribution in [2.45, 2.75) is 0 Å². The normalized spacial score (nSPS) is 10.4. The molecule has 2 heterocycles. The summed E-state index contributed by atoms with van der Waals surface area (Å²) in [6.07, 6.45) is 0. The van der Waals surface area contributed by atoms with Crippen molar-refractivity contribution < 1.29 is 14.4 Å². The Bertz CT molecular complexity index is 479. The monoisotopic (exact) mass is 230 g/mol. The zero-order valence-corrected chi connectivity index (χ0v) is 8.17. The van der Waals surface area contributed by atoms with Crippen LogP contribution in [0.4, 0.5) is 0 Å². The lowest BCUT2D eigenvalue weighted by Gasteiger charge is -1.82. The Morgan fingerprint density at radius 1 is 1.64 bits per heavy atom. The van der Waals surface area contributed by atoms with Crippen LogP contribution in [0.15, 0.2) is 16.0 Å². The highest BCUT2D eigenvalue weighted by Crippen LogP contribution is 2.27. The Labute approximate surface area is 86.9 Å². The first-order chi connectivity index (χ1) is 6.66. The molecule has 5 nitrogen and oxygen atoms in total. The van der Waals surface area contributed by atoms with E-state index in [9.17, 15) is 4.79 Å². The predicted octanol–water partition coefficient (Wildman–Crippen LogP) is 2.15. The van der Waals surface area contributed by atoms with Gasteiger partial charge in [-0.1, -0.05) is 11.6 Å². The predicted molar refractivity (Wildman–Crippen MR) is 49.6 cm³/mol. The van der Waals surface area contributed by atoms with E-state index < -0.39 is 5.97 Å². The standard InChI is InChI=1S/C7H3ClN2O3S/c8-4-1-3(2-14-4)6-9-5(7(11)12)10-13-6/h1-2H,(H,11,12). The summed E-state index contributed by atoms with van der Waals surface area (Å²) in [6, 6.07) is 1.63. The Morgan fingerprint density at radius 2 is 2.43 bits per heavy atom. The van der Waals surface area contributed by atoms with Crippen LogP contribution in [0.3, 0.4) is 0 Å². The quantitative estimate of drug-likeness (QED) is 0.855. The number of hydrogen-bond acceptors (Lipinski definition) is 5. The molecule has 2 aromatic rings. The first-order valence-electron chi connectivity index (χ1n) is 3.48. The fraction of sp³-hybridized carbons (Fsp3) is 0. The number of carbonyl (C=O) groups is 1. The molecule has 7 heteroatoms. The number of rotatable bonds is 2. The van der Waals surface area contributed by atoms with Crippen molar-refractivity contribution in [3.63, 3.8) is 0 Å². The van der Waals surface area contributed by atoms with E-state index in [1.807, 2.05) is 0 Å². The Hall–Kier alpha value is -1.40. The molecule has 2 rings (SSSR count). The maximum absolute atomic E-state index is 10.4. The molecule has 0 saturated heterocycles. The molecule has 0 fully saturated rings. The molecule has 0 bridgehead atoms. The summed E-state index contributed by atoms with van der Waals surface area (Å²) in [6.45, 7) is 0. The third-order valence-electron chi connectivity index (χ3n) is 1.43. The second-order valence-electron chi connectivity index (χ2n) is 2.37. The maximum Gasteiger partial charge on any atom is 0.377 e. The van der Waals surface area contributed by atoms with Gasteiger partial charge in [0.1, 0.15) is 0 Å². The molecule has 0 amide bonds. The van der Waals surface area contributed by atoms with Crippen molar-refractivity contribution in [3.8, 4) is 11.5 Å². The largest absolute Gasteiger partial charge is 0.475 e. The molecule has 0 aromatic carbocycles. The minimum absolute atomic E-state index is 0.158. The molecule has 1 N–H and O–H groups in total. The van der Waals surface area contributed by atoms with Crippen LogP contribution in [-0.4, -0.2) is 21.2 Å². The molecule has 0 aliphatic rings. The van der Waals surface area contributed by atoms with Gasteiger partial charge in [0.05, 0.1) is 9.90 Å². The lowest BCUT2D eigenvalue weighted by Crippen LogP contribution is -1.98. The van der Waals surface area contributed by atoms with Gasteiger partial charge in [-0.2, -0.15) is 4.98 Å². The van der Waals surface area contributed by atoms with Gasteiger partial charge in [-0.05, 0) is 11.2 Å². The first-order valence-corrected chi connectivity index (χ1v) is 4.74. The van der Waals surface area contributed by atoms with Gasteiger partial charge in [0.25, 0.3) is 11.7 Å². The van der Waals surface area contributed by atoms with Gasteiger partial charge in [0, 0.05) is 5.38 Å². The first kappa shape index (κ1) is 9.17. The van der Waals surface area contributed by atoms with Crippen LogP contribution < -0.4 is 0 Å². The summed E-state index contributed by atoms with van der Waals surface area (Å²) in [5.74, 6) is -1.42. The minimum Gasteiger partial charge on any atom is -0.475 e. The van der Waals surface area contributed by atoms with E-state index in [2.05, 4.69) is 10.1 Å². The smallest absolute Gasteiger partial charge is 0.377 e. The van der Waals surface area contributed by atoms with Crippen LogP contribution in [0, 0.1) is 0 Å². The van der Waals surface area contributed by atoms with Crippen molar-refractivity contribution in [2.24, 2.45) is 0 Å². The van der Waals surface area contributed by atoms with Crippen LogP contribution in [0.5, 0.6) is 0 Å². The molecule has 72 valence electrons. The molecule has 0 atom stereocenters. The highest BCUT2D eigenvalue weighted by molar-refractivity contribution is 7.14. The maximum atomic E-state index is 10.4. The number of thiophene rings is 1. The van der Waals surface area contributed by atoms with E-state index in [1.165, 1.54) is 11.3 Å². The molecule has 2 aromatic heterocycles. The fourth-order valence-corrected chi connectivity index (χ4v) is 1.70. The average Bonchev–Trinajstić information content (AvgIpc) is 2.70. The third kappa shape index (κ3) is 1.61. The van der Waals surface area contributed by atoms with Crippen molar-refractivity contribution >= 4 is 28.9 Å². The number of aromatic carboxylic acids is 1. The SMILES string of the molecule is O=C(O)c1noc(-c2csc(Cl)c2)n1. The lowest BCUT2D eigenvalue weighted by atomic mass is 10.3.